The number of carbonyl (C=O) groups excluding carboxylic acids is 1. The normalized spacial score (nSPS) is 19.6. The van der Waals surface area contributed by atoms with Crippen LogP contribution in [-0.4, -0.2) is 44.9 Å². The van der Waals surface area contributed by atoms with Crippen LogP contribution >= 0.6 is 0 Å². The summed E-state index contributed by atoms with van der Waals surface area (Å²) in [6.07, 6.45) is 3.69. The van der Waals surface area contributed by atoms with Crippen molar-refractivity contribution in [3.63, 3.8) is 0 Å². The van der Waals surface area contributed by atoms with Crippen molar-refractivity contribution in [2.24, 2.45) is 17.6 Å². The fourth-order valence-electron chi connectivity index (χ4n) is 3.01. The summed E-state index contributed by atoms with van der Waals surface area (Å²) in [6.45, 7) is 5.62. The second-order valence-corrected chi connectivity index (χ2v) is 6.58. The molecule has 1 aliphatic heterocycles. The third-order valence-corrected chi connectivity index (χ3v) is 4.88. The van der Waals surface area contributed by atoms with Gasteiger partial charge in [-0.2, -0.15) is 0 Å². The number of nitrogens with one attached hydrogen (secondary N) is 1. The number of carboxylic acids is 1. The molecule has 0 spiro atoms. The number of aliphatic carboxylic acids is 1. The smallest absolute Gasteiger partial charge is 0.305 e. The van der Waals surface area contributed by atoms with Gasteiger partial charge in [-0.05, 0) is 31.8 Å². The molecule has 1 fully saturated rings. The highest BCUT2D eigenvalue weighted by Gasteiger charge is 2.32. The summed E-state index contributed by atoms with van der Waals surface area (Å²) in [5.41, 5.74) is 6.75. The molecule has 0 bridgehead atoms. The van der Waals surface area contributed by atoms with Crippen LogP contribution in [0.2, 0.25) is 0 Å². The number of rotatable bonds is 8. The van der Waals surface area contributed by atoms with Gasteiger partial charge in [-0.3, -0.25) is 9.59 Å². The van der Waals surface area contributed by atoms with E-state index in [9.17, 15) is 14.7 Å². The fraction of sp³-hybridized carbons (Fsp3) is 0.750. The molecule has 4 N–H and O–H groups in total. The van der Waals surface area contributed by atoms with Crippen molar-refractivity contribution in [2.45, 2.75) is 51.6 Å². The first-order valence-corrected chi connectivity index (χ1v) is 8.57. The largest absolute Gasteiger partial charge is 0.481 e. The molecule has 0 aromatic carbocycles. The van der Waals surface area contributed by atoms with Crippen LogP contribution in [0.4, 0.5) is 0 Å². The number of carbonyl (C=O) groups is 2. The first-order valence-electron chi connectivity index (χ1n) is 8.57. The summed E-state index contributed by atoms with van der Waals surface area (Å²) in [6, 6.07) is -1.10. The molecule has 2 rings (SSSR count). The molecule has 2 heterocycles. The monoisotopic (exact) mass is 337 g/mol. The average molecular weight is 337 g/mol. The van der Waals surface area contributed by atoms with Crippen LogP contribution in [0.15, 0.2) is 6.20 Å². The highest BCUT2D eigenvalue weighted by molar-refractivity contribution is 5.88. The Hall–Kier alpha value is -1.80. The number of ketones is 1. The predicted octanol–water partition coefficient (Wildman–Crippen LogP) is 0.909. The Morgan fingerprint density at radius 2 is 2.12 bits per heavy atom. The molecular weight excluding hydrogens is 310 g/mol. The number of piperidine rings is 1. The van der Waals surface area contributed by atoms with Crippen molar-refractivity contribution in [3.8, 4) is 0 Å². The summed E-state index contributed by atoms with van der Waals surface area (Å²) in [4.78, 5) is 24.0. The highest BCUT2D eigenvalue weighted by Crippen LogP contribution is 2.25. The number of Topliss-reactive ketones (excluding diaryl/α,β-unsaturated/α-hetero) is 1. The minimum atomic E-state index is -1.02. The van der Waals surface area contributed by atoms with Gasteiger partial charge in [0.25, 0.3) is 0 Å². The van der Waals surface area contributed by atoms with E-state index in [0.717, 1.165) is 32.4 Å². The molecule has 0 amide bonds. The number of nitrogens with zero attached hydrogens (tertiary/aromatic N) is 3. The Kier molecular flexibility index (Phi) is 6.44. The molecular formula is C16H27N5O3. The van der Waals surface area contributed by atoms with E-state index in [-0.39, 0.29) is 30.1 Å². The molecule has 134 valence electrons. The topological polar surface area (TPSA) is 123 Å². The van der Waals surface area contributed by atoms with Gasteiger partial charge >= 0.3 is 5.97 Å². The van der Waals surface area contributed by atoms with Gasteiger partial charge in [0.15, 0.2) is 5.78 Å². The number of carboxylic acid groups (broad SMARTS) is 1. The lowest BCUT2D eigenvalue weighted by atomic mass is 9.88. The molecule has 0 radical (unpaired) electrons. The predicted molar refractivity (Wildman–Crippen MR) is 88.3 cm³/mol. The van der Waals surface area contributed by atoms with E-state index in [1.807, 2.05) is 13.8 Å². The van der Waals surface area contributed by atoms with E-state index in [1.165, 1.54) is 4.68 Å². The maximum Gasteiger partial charge on any atom is 0.305 e. The molecule has 3 atom stereocenters. The van der Waals surface area contributed by atoms with Gasteiger partial charge in [0.05, 0.1) is 24.4 Å². The minimum Gasteiger partial charge on any atom is -0.481 e. The summed E-state index contributed by atoms with van der Waals surface area (Å²) in [7, 11) is 0. The number of hydrogen-bond donors (Lipinski definition) is 3. The average Bonchev–Trinajstić information content (AvgIpc) is 3.08. The van der Waals surface area contributed by atoms with Gasteiger partial charge in [0.1, 0.15) is 6.04 Å². The molecule has 0 saturated carbocycles. The van der Waals surface area contributed by atoms with Gasteiger partial charge in [0.2, 0.25) is 0 Å². The highest BCUT2D eigenvalue weighted by atomic mass is 16.4. The van der Waals surface area contributed by atoms with Crippen LogP contribution in [0.25, 0.3) is 0 Å². The molecule has 1 aliphatic rings. The molecule has 1 aromatic heterocycles. The SMILES string of the molecule is CC[C@H](C)[C@H](N)c1cn([C@@H](CC(=O)O)C(=O)C2CCNCC2)nn1. The second-order valence-electron chi connectivity index (χ2n) is 6.58. The summed E-state index contributed by atoms with van der Waals surface area (Å²) in [5.74, 6) is -1.00. The zero-order valence-electron chi connectivity index (χ0n) is 14.3. The van der Waals surface area contributed by atoms with E-state index in [1.54, 1.807) is 6.20 Å². The summed E-state index contributed by atoms with van der Waals surface area (Å²) < 4.78 is 1.38. The van der Waals surface area contributed by atoms with E-state index >= 15 is 0 Å². The van der Waals surface area contributed by atoms with Gasteiger partial charge < -0.3 is 16.2 Å². The minimum absolute atomic E-state index is 0.0764. The van der Waals surface area contributed by atoms with Crippen LogP contribution in [0.3, 0.4) is 0 Å². The van der Waals surface area contributed by atoms with E-state index in [0.29, 0.717) is 5.69 Å². The van der Waals surface area contributed by atoms with E-state index in [2.05, 4.69) is 15.6 Å². The Bertz CT molecular complexity index is 568. The molecule has 1 aromatic rings. The zero-order valence-corrected chi connectivity index (χ0v) is 14.3. The molecule has 0 aliphatic carbocycles. The van der Waals surface area contributed by atoms with Gasteiger partial charge in [-0.15, -0.1) is 5.10 Å². The fourth-order valence-corrected chi connectivity index (χ4v) is 3.01. The molecule has 8 nitrogen and oxygen atoms in total. The lowest BCUT2D eigenvalue weighted by molar-refractivity contribution is -0.141. The third-order valence-electron chi connectivity index (χ3n) is 4.88. The van der Waals surface area contributed by atoms with Crippen LogP contribution in [0, 0.1) is 11.8 Å². The van der Waals surface area contributed by atoms with Gasteiger partial charge in [-0.1, -0.05) is 25.5 Å². The summed E-state index contributed by atoms with van der Waals surface area (Å²) >= 11 is 0. The van der Waals surface area contributed by atoms with Crippen LogP contribution < -0.4 is 11.1 Å². The van der Waals surface area contributed by atoms with Gasteiger partial charge in [-0.25, -0.2) is 4.68 Å². The molecule has 24 heavy (non-hydrogen) atoms. The Labute approximate surface area is 141 Å². The zero-order chi connectivity index (χ0) is 17.7. The number of aromatic nitrogens is 3. The second kappa shape index (κ2) is 8.34. The van der Waals surface area contributed by atoms with Crippen molar-refractivity contribution in [3.05, 3.63) is 11.9 Å². The maximum atomic E-state index is 12.8. The van der Waals surface area contributed by atoms with Crippen molar-refractivity contribution in [2.75, 3.05) is 13.1 Å². The van der Waals surface area contributed by atoms with Crippen molar-refractivity contribution >= 4 is 11.8 Å². The quantitative estimate of drug-likeness (QED) is 0.644. The standard InChI is InChI=1S/C16H27N5O3/c1-3-10(2)15(17)12-9-21(20-19-12)13(8-14(22)23)16(24)11-4-6-18-7-5-11/h9-11,13,15,18H,3-8,17H2,1-2H3,(H,22,23)/t10-,13-,15-/m0/s1. The Balaban J connectivity index is 2.19. The van der Waals surface area contributed by atoms with Crippen LogP contribution in [-0.2, 0) is 9.59 Å². The van der Waals surface area contributed by atoms with E-state index < -0.39 is 12.0 Å². The Morgan fingerprint density at radius 3 is 2.71 bits per heavy atom. The van der Waals surface area contributed by atoms with Crippen LogP contribution in [0.1, 0.15) is 57.3 Å². The third kappa shape index (κ3) is 4.39. The molecule has 0 unspecified atom stereocenters. The number of nitrogens with two attached hydrogens (primary N) is 1. The Morgan fingerprint density at radius 1 is 1.46 bits per heavy atom. The van der Waals surface area contributed by atoms with Crippen molar-refractivity contribution in [1.82, 2.24) is 20.3 Å². The van der Waals surface area contributed by atoms with Crippen LogP contribution in [0.5, 0.6) is 0 Å². The number of hydrogen-bond acceptors (Lipinski definition) is 6. The molecule has 8 heteroatoms. The van der Waals surface area contributed by atoms with Crippen molar-refractivity contribution < 1.29 is 14.7 Å². The summed E-state index contributed by atoms with van der Waals surface area (Å²) in [5, 5.41) is 20.5. The van der Waals surface area contributed by atoms with Gasteiger partial charge in [0, 0.05) is 5.92 Å². The maximum absolute atomic E-state index is 12.8. The van der Waals surface area contributed by atoms with Crippen molar-refractivity contribution in [1.29, 1.82) is 0 Å². The molecule has 1 saturated heterocycles. The lowest BCUT2D eigenvalue weighted by Gasteiger charge is -2.25. The lowest BCUT2D eigenvalue weighted by Crippen LogP contribution is -2.36. The van der Waals surface area contributed by atoms with E-state index in [4.69, 9.17) is 5.73 Å². The first kappa shape index (κ1) is 18.5. The first-order chi connectivity index (χ1) is 11.4.